The lowest BCUT2D eigenvalue weighted by Gasteiger charge is -1.96. The van der Waals surface area contributed by atoms with Crippen LogP contribution in [0.1, 0.15) is 11.7 Å². The van der Waals surface area contributed by atoms with Gasteiger partial charge in [-0.15, -0.1) is 0 Å². The van der Waals surface area contributed by atoms with Crippen LogP contribution in [0.25, 0.3) is 0 Å². The molecule has 1 nitrogen and oxygen atoms in total. The van der Waals surface area contributed by atoms with E-state index in [0.29, 0.717) is 0 Å². The van der Waals surface area contributed by atoms with Crippen molar-refractivity contribution in [1.82, 2.24) is 0 Å². The molecule has 58 valence electrons. The zero-order valence-corrected chi connectivity index (χ0v) is 6.78. The first-order chi connectivity index (χ1) is 5.52. The predicted octanol–water partition coefficient (Wildman–Crippen LogP) is 2.54. The molecular formula is C7H3BrF2O. The summed E-state index contributed by atoms with van der Waals surface area (Å²) in [5, 5.41) is 0. The molecule has 1 aromatic carbocycles. The van der Waals surface area contributed by atoms with Crippen LogP contribution in [0.4, 0.5) is 8.78 Å². The van der Waals surface area contributed by atoms with E-state index < -0.39 is 23.5 Å². The van der Waals surface area contributed by atoms with E-state index >= 15 is 0 Å². The highest BCUT2D eigenvalue weighted by Gasteiger charge is 2.08. The van der Waals surface area contributed by atoms with Crippen molar-refractivity contribution in [2.45, 2.75) is 0 Å². The third-order valence-corrected chi connectivity index (χ3v) is 1.57. The van der Waals surface area contributed by atoms with Crippen LogP contribution in [0.15, 0.2) is 16.6 Å². The molecule has 0 atom stereocenters. The van der Waals surface area contributed by atoms with E-state index in [2.05, 4.69) is 15.9 Å². The van der Waals surface area contributed by atoms with Crippen molar-refractivity contribution in [1.29, 1.82) is 0 Å². The molecule has 0 bridgehead atoms. The van der Waals surface area contributed by atoms with Crippen LogP contribution in [-0.4, -0.2) is 6.26 Å². The molecule has 0 aliphatic carbocycles. The number of hydrogen-bond acceptors (Lipinski definition) is 1. The van der Waals surface area contributed by atoms with Gasteiger partial charge in [-0.25, -0.2) is 8.78 Å². The Kier molecular flexibility index (Phi) is 1.94. The normalized spacial score (nSPS) is 11.0. The molecule has 0 unspecified atom stereocenters. The van der Waals surface area contributed by atoms with Crippen LogP contribution in [-0.2, 0) is 0 Å². The lowest BCUT2D eigenvalue weighted by Crippen LogP contribution is -1.92. The minimum atomic E-state index is -1.36. The second-order valence-corrected chi connectivity index (χ2v) is 2.76. The Morgan fingerprint density at radius 2 is 1.91 bits per heavy atom. The van der Waals surface area contributed by atoms with Gasteiger partial charge in [-0.2, -0.15) is 0 Å². The van der Waals surface area contributed by atoms with E-state index in [1.807, 2.05) is 0 Å². The molecule has 0 N–H and O–H groups in total. The molecule has 1 rings (SSSR count). The van der Waals surface area contributed by atoms with Crippen LogP contribution in [0.5, 0.6) is 0 Å². The zero-order valence-electron chi connectivity index (χ0n) is 6.20. The first-order valence-corrected chi connectivity index (χ1v) is 3.47. The summed E-state index contributed by atoms with van der Waals surface area (Å²) in [6.07, 6.45) is -1.36. The van der Waals surface area contributed by atoms with Crippen LogP contribution in [0.3, 0.4) is 0 Å². The van der Waals surface area contributed by atoms with E-state index in [1.54, 1.807) is 0 Å². The molecule has 4 heteroatoms. The largest absolute Gasteiger partial charge is 0.298 e. The van der Waals surface area contributed by atoms with E-state index in [4.69, 9.17) is 1.37 Å². The first-order valence-electron chi connectivity index (χ1n) is 3.18. The Morgan fingerprint density at radius 1 is 1.45 bits per heavy atom. The average molecular weight is 222 g/mol. The third kappa shape index (κ3) is 1.63. The van der Waals surface area contributed by atoms with Crippen molar-refractivity contribution in [2.75, 3.05) is 0 Å². The fraction of sp³-hybridized carbons (Fsp3) is 0. The highest BCUT2D eigenvalue weighted by atomic mass is 79.9. The summed E-state index contributed by atoms with van der Waals surface area (Å²) in [7, 11) is 0. The average Bonchev–Trinajstić information content (AvgIpc) is 1.82. The van der Waals surface area contributed by atoms with Gasteiger partial charge in [-0.3, -0.25) is 4.79 Å². The highest BCUT2D eigenvalue weighted by Crippen LogP contribution is 2.17. The van der Waals surface area contributed by atoms with Crippen molar-refractivity contribution in [2.24, 2.45) is 0 Å². The fourth-order valence-corrected chi connectivity index (χ4v) is 1.04. The molecule has 0 radical (unpaired) electrons. The van der Waals surface area contributed by atoms with Crippen molar-refractivity contribution in [3.8, 4) is 0 Å². The maximum absolute atomic E-state index is 12.8. The van der Waals surface area contributed by atoms with Gasteiger partial charge in [0.1, 0.15) is 13.0 Å². The number of halogens is 3. The van der Waals surface area contributed by atoms with E-state index in [9.17, 15) is 13.6 Å². The summed E-state index contributed by atoms with van der Waals surface area (Å²) in [6.45, 7) is 0. The summed E-state index contributed by atoms with van der Waals surface area (Å²) in [5.74, 6) is -2.05. The van der Waals surface area contributed by atoms with Gasteiger partial charge in [0, 0.05) is 4.47 Å². The van der Waals surface area contributed by atoms with Crippen LogP contribution in [0.2, 0.25) is 0 Å². The molecule has 0 aromatic heterocycles. The molecule has 0 spiro atoms. The van der Waals surface area contributed by atoms with E-state index in [0.717, 1.165) is 12.1 Å². The zero-order chi connectivity index (χ0) is 9.30. The van der Waals surface area contributed by atoms with Gasteiger partial charge < -0.3 is 0 Å². The van der Waals surface area contributed by atoms with Crippen LogP contribution in [0, 0.1) is 11.6 Å². The number of rotatable bonds is 1. The maximum Gasteiger partial charge on any atom is 0.155 e. The summed E-state index contributed by atoms with van der Waals surface area (Å²) in [4.78, 5) is 10.4. The summed E-state index contributed by atoms with van der Waals surface area (Å²) in [5.41, 5.74) is -0.821. The second-order valence-electron chi connectivity index (χ2n) is 1.85. The van der Waals surface area contributed by atoms with Crippen LogP contribution >= 0.6 is 15.9 Å². The molecule has 11 heavy (non-hydrogen) atoms. The molecule has 0 saturated carbocycles. The standard InChI is InChI=1S/C7H3BrF2O/c8-4-1-6(9)5(3-11)7(10)2-4/h1-3H/i3D. The quantitative estimate of drug-likeness (QED) is 0.667. The Balaban J connectivity index is 3.38. The van der Waals surface area contributed by atoms with Crippen molar-refractivity contribution in [3.63, 3.8) is 0 Å². The Bertz CT molecular complexity index is 317. The van der Waals surface area contributed by atoms with E-state index in [1.165, 1.54) is 0 Å². The van der Waals surface area contributed by atoms with Gasteiger partial charge in [0.25, 0.3) is 0 Å². The monoisotopic (exact) mass is 221 g/mol. The second kappa shape index (κ2) is 3.09. The SMILES string of the molecule is [2H]C(=O)c1c(F)cc(Br)cc1F. The van der Waals surface area contributed by atoms with Gasteiger partial charge in [-0.05, 0) is 12.1 Å². The highest BCUT2D eigenvalue weighted by molar-refractivity contribution is 9.10. The molecule has 0 aliphatic rings. The van der Waals surface area contributed by atoms with Crippen LogP contribution < -0.4 is 0 Å². The Hall–Kier alpha value is -0.770. The number of benzene rings is 1. The minimum absolute atomic E-state index is 0.197. The van der Waals surface area contributed by atoms with Gasteiger partial charge in [0.05, 0.1) is 5.56 Å². The van der Waals surface area contributed by atoms with Crippen molar-refractivity contribution >= 4 is 22.2 Å². The Labute approximate surface area is 71.6 Å². The molecule has 0 heterocycles. The van der Waals surface area contributed by atoms with Crippen molar-refractivity contribution < 1.29 is 14.9 Å². The molecule has 0 saturated heterocycles. The predicted molar refractivity (Wildman–Crippen MR) is 39.4 cm³/mol. The lowest BCUT2D eigenvalue weighted by molar-refractivity contribution is 0.111. The lowest BCUT2D eigenvalue weighted by atomic mass is 10.2. The number of carbonyl (C=O) groups is 1. The minimum Gasteiger partial charge on any atom is -0.298 e. The number of carbonyl (C=O) groups excluding carboxylic acids is 1. The molecule has 1 aromatic rings. The molecule has 0 fully saturated rings. The van der Waals surface area contributed by atoms with E-state index in [-0.39, 0.29) is 4.47 Å². The van der Waals surface area contributed by atoms with Gasteiger partial charge in [0.15, 0.2) is 6.26 Å². The summed E-state index contributed by atoms with van der Waals surface area (Å²) < 4.78 is 32.2. The van der Waals surface area contributed by atoms with Gasteiger partial charge >= 0.3 is 0 Å². The topological polar surface area (TPSA) is 17.1 Å². The fourth-order valence-electron chi connectivity index (χ4n) is 0.640. The third-order valence-electron chi connectivity index (χ3n) is 1.11. The maximum atomic E-state index is 12.8. The number of aldehydes is 1. The Morgan fingerprint density at radius 3 is 2.27 bits per heavy atom. The van der Waals surface area contributed by atoms with Gasteiger partial charge in [-0.1, -0.05) is 15.9 Å². The molecular weight excluding hydrogens is 218 g/mol. The smallest absolute Gasteiger partial charge is 0.155 e. The summed E-state index contributed by atoms with van der Waals surface area (Å²) in [6, 6.07) is 1.87. The molecule has 0 amide bonds. The first kappa shape index (κ1) is 6.91. The van der Waals surface area contributed by atoms with Gasteiger partial charge in [0.2, 0.25) is 0 Å². The number of hydrogen-bond donors (Lipinski definition) is 0. The van der Waals surface area contributed by atoms with Crippen molar-refractivity contribution in [3.05, 3.63) is 33.8 Å². The molecule has 0 aliphatic heterocycles. The summed E-state index contributed by atoms with van der Waals surface area (Å²) >= 11 is 2.84.